The van der Waals surface area contributed by atoms with E-state index in [2.05, 4.69) is 48.5 Å². The van der Waals surface area contributed by atoms with E-state index in [-0.39, 0.29) is 4.90 Å². The lowest BCUT2D eigenvalue weighted by Crippen LogP contribution is -1.97. The maximum Gasteiger partial charge on any atom is 0.177 e. The van der Waals surface area contributed by atoms with E-state index >= 15 is 0 Å². The molecule has 4 nitrogen and oxygen atoms in total. The van der Waals surface area contributed by atoms with Crippen LogP contribution < -0.4 is 0 Å². The Morgan fingerprint density at radius 3 is 2.71 bits per heavy atom. The number of aromatic nitrogens is 2. The normalized spacial score (nSPS) is 12.0. The molecule has 0 amide bonds. The standard InChI is InChI=1S/C14H10BrIN2O2S/c1-21(19,20)12-4-2-3-11-13(12)18-14(17-11)9-7-8(16)5-6-10(9)15/h2-7H,1H3,(H,17,18). The van der Waals surface area contributed by atoms with Gasteiger partial charge in [-0.2, -0.15) is 0 Å². The third kappa shape index (κ3) is 2.86. The average molecular weight is 477 g/mol. The number of benzene rings is 2. The molecule has 0 bridgehead atoms. The minimum absolute atomic E-state index is 0.240. The van der Waals surface area contributed by atoms with Crippen LogP contribution >= 0.6 is 38.5 Å². The van der Waals surface area contributed by atoms with Gasteiger partial charge in [0.1, 0.15) is 11.3 Å². The van der Waals surface area contributed by atoms with Gasteiger partial charge in [-0.3, -0.25) is 0 Å². The maximum absolute atomic E-state index is 11.8. The first-order chi connectivity index (χ1) is 9.86. The number of aromatic amines is 1. The number of H-pyrrole nitrogens is 1. The summed E-state index contributed by atoms with van der Waals surface area (Å²) in [5.41, 5.74) is 2.08. The van der Waals surface area contributed by atoms with Gasteiger partial charge >= 0.3 is 0 Å². The molecule has 21 heavy (non-hydrogen) atoms. The van der Waals surface area contributed by atoms with Gasteiger partial charge in [0, 0.05) is 19.9 Å². The number of sulfone groups is 1. The van der Waals surface area contributed by atoms with Gasteiger partial charge in [0.2, 0.25) is 0 Å². The number of fused-ring (bicyclic) bond motifs is 1. The number of para-hydroxylation sites is 1. The largest absolute Gasteiger partial charge is 0.338 e. The molecule has 2 aromatic carbocycles. The van der Waals surface area contributed by atoms with Crippen molar-refractivity contribution in [3.05, 3.63) is 44.4 Å². The van der Waals surface area contributed by atoms with Crippen molar-refractivity contribution in [1.82, 2.24) is 9.97 Å². The molecule has 1 N–H and O–H groups in total. The fraction of sp³-hybridized carbons (Fsp3) is 0.0714. The summed E-state index contributed by atoms with van der Waals surface area (Å²) < 4.78 is 25.7. The quantitative estimate of drug-likeness (QED) is 0.568. The first-order valence-electron chi connectivity index (χ1n) is 6.00. The first kappa shape index (κ1) is 15.0. The number of rotatable bonds is 2. The molecule has 0 spiro atoms. The van der Waals surface area contributed by atoms with Gasteiger partial charge in [-0.25, -0.2) is 13.4 Å². The lowest BCUT2D eigenvalue weighted by Gasteiger charge is -2.01. The number of nitrogens with zero attached hydrogens (tertiary/aromatic N) is 1. The van der Waals surface area contributed by atoms with E-state index in [1.807, 2.05) is 24.3 Å². The second-order valence-electron chi connectivity index (χ2n) is 4.63. The Morgan fingerprint density at radius 1 is 1.24 bits per heavy atom. The van der Waals surface area contributed by atoms with E-state index in [9.17, 15) is 8.42 Å². The summed E-state index contributed by atoms with van der Waals surface area (Å²) in [6.45, 7) is 0. The van der Waals surface area contributed by atoms with Crippen LogP contribution in [0.2, 0.25) is 0 Å². The number of halogens is 2. The molecule has 0 aliphatic carbocycles. The summed E-state index contributed by atoms with van der Waals surface area (Å²) in [5, 5.41) is 0. The molecule has 0 fully saturated rings. The molecule has 1 aromatic heterocycles. The van der Waals surface area contributed by atoms with Crippen LogP contribution in [-0.2, 0) is 9.84 Å². The van der Waals surface area contributed by atoms with Crippen molar-refractivity contribution in [2.24, 2.45) is 0 Å². The molecule has 3 rings (SSSR count). The molecule has 0 saturated heterocycles. The fourth-order valence-corrected chi connectivity index (χ4v) is 3.87. The Labute approximate surface area is 144 Å². The number of nitrogens with one attached hydrogen (secondary N) is 1. The molecule has 0 aliphatic heterocycles. The third-order valence-corrected chi connectivity index (χ3v) is 5.55. The van der Waals surface area contributed by atoms with Crippen molar-refractivity contribution in [1.29, 1.82) is 0 Å². The summed E-state index contributed by atoms with van der Waals surface area (Å²) in [4.78, 5) is 7.91. The molecule has 3 aromatic rings. The Morgan fingerprint density at radius 2 is 2.00 bits per heavy atom. The van der Waals surface area contributed by atoms with Crippen LogP contribution in [0.5, 0.6) is 0 Å². The SMILES string of the molecule is CS(=O)(=O)c1cccc2[nH]c(-c3cc(I)ccc3Br)nc12. The second-order valence-corrected chi connectivity index (χ2v) is 8.72. The monoisotopic (exact) mass is 476 g/mol. The Bertz CT molecular complexity index is 951. The predicted molar refractivity (Wildman–Crippen MR) is 95.1 cm³/mol. The van der Waals surface area contributed by atoms with Crippen LogP contribution in [-0.4, -0.2) is 24.6 Å². The van der Waals surface area contributed by atoms with Gasteiger partial charge in [0.25, 0.3) is 0 Å². The van der Waals surface area contributed by atoms with E-state index in [0.717, 1.165) is 13.6 Å². The highest BCUT2D eigenvalue weighted by Gasteiger charge is 2.16. The molecule has 0 atom stereocenters. The topological polar surface area (TPSA) is 62.8 Å². The zero-order valence-corrected chi connectivity index (χ0v) is 15.5. The summed E-state index contributed by atoms with van der Waals surface area (Å²) in [6, 6.07) is 11.0. The summed E-state index contributed by atoms with van der Waals surface area (Å²) in [6.07, 6.45) is 1.19. The molecule has 0 saturated carbocycles. The summed E-state index contributed by atoms with van der Waals surface area (Å²) in [7, 11) is -3.31. The van der Waals surface area contributed by atoms with Gasteiger partial charge < -0.3 is 4.98 Å². The summed E-state index contributed by atoms with van der Waals surface area (Å²) in [5.74, 6) is 0.645. The Hall–Kier alpha value is -0.930. The molecule has 0 radical (unpaired) electrons. The van der Waals surface area contributed by atoms with Crippen LogP contribution in [0, 0.1) is 3.57 Å². The highest BCUT2D eigenvalue weighted by molar-refractivity contribution is 14.1. The minimum atomic E-state index is -3.31. The van der Waals surface area contributed by atoms with E-state index in [0.29, 0.717) is 16.9 Å². The zero-order chi connectivity index (χ0) is 15.2. The van der Waals surface area contributed by atoms with E-state index in [1.54, 1.807) is 12.1 Å². The Kier molecular flexibility index (Phi) is 3.83. The molecule has 108 valence electrons. The van der Waals surface area contributed by atoms with Crippen molar-refractivity contribution in [3.63, 3.8) is 0 Å². The van der Waals surface area contributed by atoms with Crippen LogP contribution in [0.25, 0.3) is 22.4 Å². The highest BCUT2D eigenvalue weighted by atomic mass is 127. The van der Waals surface area contributed by atoms with Crippen molar-refractivity contribution in [2.45, 2.75) is 4.90 Å². The van der Waals surface area contributed by atoms with Gasteiger partial charge in [-0.05, 0) is 52.9 Å². The van der Waals surface area contributed by atoms with E-state index in [4.69, 9.17) is 0 Å². The number of hydrogen-bond donors (Lipinski definition) is 1. The van der Waals surface area contributed by atoms with Gasteiger partial charge in [0.05, 0.1) is 10.4 Å². The lowest BCUT2D eigenvalue weighted by molar-refractivity contribution is 0.602. The van der Waals surface area contributed by atoms with Crippen molar-refractivity contribution >= 4 is 59.4 Å². The van der Waals surface area contributed by atoms with Crippen molar-refractivity contribution in [2.75, 3.05) is 6.26 Å². The molecular formula is C14H10BrIN2O2S. The van der Waals surface area contributed by atoms with E-state index < -0.39 is 9.84 Å². The predicted octanol–water partition coefficient (Wildman–Crippen LogP) is 4.00. The molecule has 1 heterocycles. The highest BCUT2D eigenvalue weighted by Crippen LogP contribution is 2.31. The van der Waals surface area contributed by atoms with Gasteiger partial charge in [0.15, 0.2) is 9.84 Å². The van der Waals surface area contributed by atoms with E-state index in [1.165, 1.54) is 6.26 Å². The first-order valence-corrected chi connectivity index (χ1v) is 9.77. The van der Waals surface area contributed by atoms with Gasteiger partial charge in [-0.1, -0.05) is 22.0 Å². The third-order valence-electron chi connectivity index (χ3n) is 3.06. The fourth-order valence-electron chi connectivity index (χ4n) is 2.11. The van der Waals surface area contributed by atoms with Crippen LogP contribution in [0.3, 0.4) is 0 Å². The average Bonchev–Trinajstić information content (AvgIpc) is 2.83. The summed E-state index contributed by atoms with van der Waals surface area (Å²) >= 11 is 5.73. The Balaban J connectivity index is 2.30. The van der Waals surface area contributed by atoms with Crippen LogP contribution in [0.1, 0.15) is 0 Å². The number of hydrogen-bond acceptors (Lipinski definition) is 3. The molecule has 0 unspecified atom stereocenters. The molecular weight excluding hydrogens is 467 g/mol. The maximum atomic E-state index is 11.8. The lowest BCUT2D eigenvalue weighted by atomic mass is 10.2. The second kappa shape index (κ2) is 5.36. The van der Waals surface area contributed by atoms with Crippen LogP contribution in [0.4, 0.5) is 0 Å². The molecule has 7 heteroatoms. The number of imidazole rings is 1. The zero-order valence-electron chi connectivity index (χ0n) is 10.9. The minimum Gasteiger partial charge on any atom is -0.338 e. The smallest absolute Gasteiger partial charge is 0.177 e. The van der Waals surface area contributed by atoms with Gasteiger partial charge in [-0.15, -0.1) is 0 Å². The van der Waals surface area contributed by atoms with Crippen molar-refractivity contribution < 1.29 is 8.42 Å². The molecule has 0 aliphatic rings. The van der Waals surface area contributed by atoms with Crippen molar-refractivity contribution in [3.8, 4) is 11.4 Å². The van der Waals surface area contributed by atoms with Crippen LogP contribution in [0.15, 0.2) is 45.8 Å².